The Bertz CT molecular complexity index is 245. The monoisotopic (exact) mass is 206 g/mol. The minimum atomic E-state index is 0.612. The fraction of sp³-hybridized carbons (Fsp3) is 0.615. The van der Waals surface area contributed by atoms with Crippen LogP contribution in [0.1, 0.15) is 32.6 Å². The van der Waals surface area contributed by atoms with Crippen LogP contribution in [0.2, 0.25) is 0 Å². The molecular weight excluding hydrogens is 184 g/mol. The first kappa shape index (κ1) is 12.0. The van der Waals surface area contributed by atoms with Gasteiger partial charge in [-0.05, 0) is 56.2 Å². The normalized spacial score (nSPS) is 28.2. The van der Waals surface area contributed by atoms with Gasteiger partial charge in [-0.2, -0.15) is 0 Å². The summed E-state index contributed by atoms with van der Waals surface area (Å²) in [4.78, 5) is 4.26. The van der Waals surface area contributed by atoms with E-state index in [0.29, 0.717) is 11.8 Å². The van der Waals surface area contributed by atoms with Crippen LogP contribution in [0.25, 0.3) is 0 Å². The van der Waals surface area contributed by atoms with Crippen molar-refractivity contribution in [1.82, 2.24) is 0 Å². The first-order valence-electron chi connectivity index (χ1n) is 5.86. The molecule has 0 atom stereocenters. The third-order valence-electron chi connectivity index (χ3n) is 3.19. The van der Waals surface area contributed by atoms with E-state index < -0.39 is 0 Å². The Balaban J connectivity index is 2.50. The second kappa shape index (κ2) is 6.44. The molecule has 0 bridgehead atoms. The molecule has 0 aromatic carbocycles. The Morgan fingerprint density at radius 3 is 2.53 bits per heavy atom. The zero-order valence-electron chi connectivity index (χ0n) is 9.65. The molecule has 0 saturated heterocycles. The minimum Gasteiger partial charge on any atom is -0.404 e. The molecule has 1 fully saturated rings. The number of hydrogen-bond acceptors (Lipinski definition) is 2. The quantitative estimate of drug-likeness (QED) is 0.557. The molecule has 2 heteroatoms. The molecule has 0 aliphatic heterocycles. The molecule has 0 radical (unpaired) electrons. The maximum absolute atomic E-state index is 5.64. The van der Waals surface area contributed by atoms with Gasteiger partial charge in [0.15, 0.2) is 0 Å². The van der Waals surface area contributed by atoms with Crippen molar-refractivity contribution < 1.29 is 0 Å². The Hall–Kier alpha value is -1.05. The first-order chi connectivity index (χ1) is 7.31. The van der Waals surface area contributed by atoms with Gasteiger partial charge in [0.2, 0.25) is 0 Å². The molecule has 15 heavy (non-hydrogen) atoms. The van der Waals surface area contributed by atoms with Gasteiger partial charge in [0.1, 0.15) is 0 Å². The highest BCUT2D eigenvalue weighted by molar-refractivity contribution is 5.79. The van der Waals surface area contributed by atoms with E-state index in [9.17, 15) is 0 Å². The number of nitrogens with two attached hydrogens (primary N) is 1. The zero-order valence-corrected chi connectivity index (χ0v) is 9.65. The maximum atomic E-state index is 5.64. The van der Waals surface area contributed by atoms with Crippen LogP contribution in [0.4, 0.5) is 0 Å². The number of rotatable bonds is 4. The maximum Gasteiger partial charge on any atom is 0.0361 e. The summed E-state index contributed by atoms with van der Waals surface area (Å²) in [6.07, 6.45) is 10.7. The topological polar surface area (TPSA) is 38.4 Å². The van der Waals surface area contributed by atoms with Gasteiger partial charge in [-0.15, -0.1) is 6.58 Å². The van der Waals surface area contributed by atoms with Crippen molar-refractivity contribution in [2.24, 2.45) is 22.6 Å². The lowest BCUT2D eigenvalue weighted by atomic mass is 9.79. The van der Waals surface area contributed by atoms with Gasteiger partial charge in [-0.25, -0.2) is 0 Å². The van der Waals surface area contributed by atoms with Crippen molar-refractivity contribution in [2.75, 3.05) is 6.54 Å². The lowest BCUT2D eigenvalue weighted by Crippen LogP contribution is -2.16. The van der Waals surface area contributed by atoms with Crippen molar-refractivity contribution in [2.45, 2.75) is 32.6 Å². The van der Waals surface area contributed by atoms with Gasteiger partial charge in [-0.3, -0.25) is 4.99 Å². The van der Waals surface area contributed by atoms with E-state index in [1.54, 1.807) is 6.20 Å². The van der Waals surface area contributed by atoms with E-state index >= 15 is 0 Å². The molecule has 2 N–H and O–H groups in total. The van der Waals surface area contributed by atoms with Crippen LogP contribution in [-0.2, 0) is 0 Å². The van der Waals surface area contributed by atoms with Gasteiger partial charge in [0, 0.05) is 12.8 Å². The summed E-state index contributed by atoms with van der Waals surface area (Å²) in [6, 6.07) is 0. The smallest absolute Gasteiger partial charge is 0.0361 e. The van der Waals surface area contributed by atoms with Crippen molar-refractivity contribution in [3.8, 4) is 0 Å². The van der Waals surface area contributed by atoms with Gasteiger partial charge in [0.25, 0.3) is 0 Å². The Labute approximate surface area is 93.0 Å². The average molecular weight is 206 g/mol. The van der Waals surface area contributed by atoms with E-state index in [4.69, 9.17) is 5.73 Å². The first-order valence-corrected chi connectivity index (χ1v) is 5.86. The molecule has 1 aliphatic rings. The highest BCUT2D eigenvalue weighted by Crippen LogP contribution is 2.32. The molecule has 2 nitrogen and oxygen atoms in total. The van der Waals surface area contributed by atoms with Crippen LogP contribution in [-0.4, -0.2) is 12.8 Å². The summed E-state index contributed by atoms with van der Waals surface area (Å²) >= 11 is 0. The van der Waals surface area contributed by atoms with Crippen molar-refractivity contribution in [1.29, 1.82) is 0 Å². The van der Waals surface area contributed by atoms with Gasteiger partial charge >= 0.3 is 0 Å². The van der Waals surface area contributed by atoms with Gasteiger partial charge in [0.05, 0.1) is 0 Å². The predicted octanol–water partition coefficient (Wildman–Crippen LogP) is 2.91. The SMILES string of the molecule is C=CC1CCC(C(C=NCC)=CN)CC1. The second-order valence-electron chi connectivity index (χ2n) is 4.14. The predicted molar refractivity (Wildman–Crippen MR) is 66.9 cm³/mol. The van der Waals surface area contributed by atoms with E-state index in [2.05, 4.69) is 17.6 Å². The second-order valence-corrected chi connectivity index (χ2v) is 4.14. The highest BCUT2D eigenvalue weighted by Gasteiger charge is 2.21. The third-order valence-corrected chi connectivity index (χ3v) is 3.19. The number of nitrogens with zero attached hydrogens (tertiary/aromatic N) is 1. The van der Waals surface area contributed by atoms with Crippen LogP contribution >= 0.6 is 0 Å². The summed E-state index contributed by atoms with van der Waals surface area (Å²) in [5.41, 5.74) is 6.85. The molecule has 0 aromatic rings. The lowest BCUT2D eigenvalue weighted by molar-refractivity contribution is 0.351. The number of hydrogen-bond donors (Lipinski definition) is 1. The summed E-state index contributed by atoms with van der Waals surface area (Å²) in [6.45, 7) is 6.73. The fourth-order valence-corrected chi connectivity index (χ4v) is 2.17. The molecule has 0 unspecified atom stereocenters. The highest BCUT2D eigenvalue weighted by atomic mass is 14.7. The van der Waals surface area contributed by atoms with Gasteiger partial charge in [-0.1, -0.05) is 6.08 Å². The van der Waals surface area contributed by atoms with E-state index in [0.717, 1.165) is 6.54 Å². The molecule has 0 amide bonds. The van der Waals surface area contributed by atoms with Crippen LogP contribution in [0.5, 0.6) is 0 Å². The van der Waals surface area contributed by atoms with E-state index in [1.165, 1.54) is 31.3 Å². The largest absolute Gasteiger partial charge is 0.404 e. The van der Waals surface area contributed by atoms with Crippen LogP contribution in [0, 0.1) is 11.8 Å². The summed E-state index contributed by atoms with van der Waals surface area (Å²) in [7, 11) is 0. The standard InChI is InChI=1S/C13H22N2/c1-3-11-5-7-12(8-6-11)13(9-14)10-15-4-2/h3,9-12H,1,4-8,14H2,2H3. The van der Waals surface area contributed by atoms with Crippen molar-refractivity contribution in [3.63, 3.8) is 0 Å². The molecule has 1 aliphatic carbocycles. The molecule has 1 rings (SSSR count). The van der Waals surface area contributed by atoms with Crippen LogP contribution in [0.3, 0.4) is 0 Å². The average Bonchev–Trinajstić information content (AvgIpc) is 2.31. The summed E-state index contributed by atoms with van der Waals surface area (Å²) in [5.74, 6) is 1.32. The van der Waals surface area contributed by atoms with E-state index in [-0.39, 0.29) is 0 Å². The summed E-state index contributed by atoms with van der Waals surface area (Å²) < 4.78 is 0. The van der Waals surface area contributed by atoms with E-state index in [1.807, 2.05) is 13.1 Å². The molecule has 0 aromatic heterocycles. The molecule has 0 spiro atoms. The Morgan fingerprint density at radius 1 is 1.40 bits per heavy atom. The molecule has 1 saturated carbocycles. The number of aliphatic imine (C=N–C) groups is 1. The Kier molecular flexibility index (Phi) is 5.16. The fourth-order valence-electron chi connectivity index (χ4n) is 2.17. The van der Waals surface area contributed by atoms with Crippen molar-refractivity contribution >= 4 is 6.21 Å². The van der Waals surface area contributed by atoms with Crippen molar-refractivity contribution in [3.05, 3.63) is 24.4 Å². The third kappa shape index (κ3) is 3.54. The molecule has 84 valence electrons. The van der Waals surface area contributed by atoms with Crippen LogP contribution < -0.4 is 5.73 Å². The number of allylic oxidation sites excluding steroid dienone is 2. The molecular formula is C13H22N2. The lowest BCUT2D eigenvalue weighted by Gasteiger charge is -2.26. The van der Waals surface area contributed by atoms with Gasteiger partial charge < -0.3 is 5.73 Å². The molecule has 0 heterocycles. The van der Waals surface area contributed by atoms with Crippen LogP contribution in [0.15, 0.2) is 29.4 Å². The Morgan fingerprint density at radius 2 is 2.07 bits per heavy atom. The summed E-state index contributed by atoms with van der Waals surface area (Å²) in [5, 5.41) is 0. The minimum absolute atomic E-state index is 0.612. The zero-order chi connectivity index (χ0) is 11.1.